The Kier molecular flexibility index (Phi) is 5.74. The zero-order chi connectivity index (χ0) is 20.3. The lowest BCUT2D eigenvalue weighted by Gasteiger charge is -2.12. The maximum absolute atomic E-state index is 13.1. The van der Waals surface area contributed by atoms with Crippen LogP contribution in [-0.2, 0) is 11.8 Å². The highest BCUT2D eigenvalue weighted by Crippen LogP contribution is 2.26. The van der Waals surface area contributed by atoms with Crippen LogP contribution < -0.4 is 11.1 Å². The minimum atomic E-state index is -0.527. The largest absolute Gasteiger partial charge is 0.366 e. The normalized spacial score (nSPS) is 11.8. The van der Waals surface area contributed by atoms with Crippen molar-refractivity contribution < 1.29 is 14.0 Å². The van der Waals surface area contributed by atoms with Gasteiger partial charge in [-0.25, -0.2) is 4.39 Å². The fourth-order valence-corrected chi connectivity index (χ4v) is 3.26. The van der Waals surface area contributed by atoms with Gasteiger partial charge in [0, 0.05) is 23.9 Å². The number of hydrogen-bond acceptors (Lipinski definition) is 5. The summed E-state index contributed by atoms with van der Waals surface area (Å²) in [7, 11) is 1.79. The van der Waals surface area contributed by atoms with E-state index in [9.17, 15) is 14.0 Å². The van der Waals surface area contributed by atoms with Crippen molar-refractivity contribution in [2.24, 2.45) is 12.8 Å². The molecule has 3 aromatic rings. The number of hydrogen-bond donors (Lipinski definition) is 2. The monoisotopic (exact) mass is 399 g/mol. The van der Waals surface area contributed by atoms with E-state index in [-0.39, 0.29) is 11.7 Å². The highest BCUT2D eigenvalue weighted by Gasteiger charge is 2.19. The van der Waals surface area contributed by atoms with Gasteiger partial charge in [0.1, 0.15) is 5.82 Å². The number of amides is 2. The Balaban J connectivity index is 1.67. The molecule has 1 unspecified atom stereocenters. The zero-order valence-electron chi connectivity index (χ0n) is 15.2. The van der Waals surface area contributed by atoms with Crippen LogP contribution in [0.15, 0.2) is 53.7 Å². The summed E-state index contributed by atoms with van der Waals surface area (Å²) < 4.78 is 14.8. The van der Waals surface area contributed by atoms with Gasteiger partial charge in [-0.1, -0.05) is 11.8 Å². The van der Waals surface area contributed by atoms with Gasteiger partial charge in [-0.05, 0) is 55.5 Å². The lowest BCUT2D eigenvalue weighted by molar-refractivity contribution is -0.115. The first-order valence-electron chi connectivity index (χ1n) is 8.38. The number of halogens is 1. The predicted octanol–water partition coefficient (Wildman–Crippen LogP) is 2.84. The first-order valence-corrected chi connectivity index (χ1v) is 9.26. The molecule has 0 radical (unpaired) electrons. The minimum Gasteiger partial charge on any atom is -0.366 e. The quantitative estimate of drug-likeness (QED) is 0.621. The zero-order valence-corrected chi connectivity index (χ0v) is 16.0. The lowest BCUT2D eigenvalue weighted by Crippen LogP contribution is -2.23. The fraction of sp³-hybridized carbons (Fsp3) is 0.158. The van der Waals surface area contributed by atoms with Crippen molar-refractivity contribution in [1.82, 2.24) is 14.8 Å². The summed E-state index contributed by atoms with van der Waals surface area (Å²) in [6.45, 7) is 1.75. The summed E-state index contributed by atoms with van der Waals surface area (Å²) in [6, 6.07) is 12.3. The molecule has 1 atom stereocenters. The number of nitrogens with two attached hydrogens (primary N) is 1. The molecule has 144 valence electrons. The van der Waals surface area contributed by atoms with Gasteiger partial charge >= 0.3 is 0 Å². The van der Waals surface area contributed by atoms with E-state index in [0.29, 0.717) is 22.2 Å². The number of benzene rings is 2. The Morgan fingerprint density at radius 1 is 1.11 bits per heavy atom. The van der Waals surface area contributed by atoms with E-state index >= 15 is 0 Å². The molecule has 0 aliphatic rings. The molecular formula is C19H18FN5O2S. The fourth-order valence-electron chi connectivity index (χ4n) is 2.44. The van der Waals surface area contributed by atoms with Gasteiger partial charge in [-0.15, -0.1) is 10.2 Å². The first kappa shape index (κ1) is 19.6. The summed E-state index contributed by atoms with van der Waals surface area (Å²) in [5.41, 5.74) is 6.86. The van der Waals surface area contributed by atoms with E-state index in [0.717, 1.165) is 5.56 Å². The van der Waals surface area contributed by atoms with Crippen molar-refractivity contribution in [1.29, 1.82) is 0 Å². The average molecular weight is 399 g/mol. The second-order valence-corrected chi connectivity index (χ2v) is 7.37. The molecule has 0 saturated heterocycles. The lowest BCUT2D eigenvalue weighted by atomic mass is 10.2. The van der Waals surface area contributed by atoms with Crippen molar-refractivity contribution >= 4 is 29.3 Å². The van der Waals surface area contributed by atoms with E-state index in [1.807, 2.05) is 0 Å². The number of rotatable bonds is 6. The molecule has 7 nitrogen and oxygen atoms in total. The third-order valence-electron chi connectivity index (χ3n) is 4.03. The molecule has 1 heterocycles. The predicted molar refractivity (Wildman–Crippen MR) is 105 cm³/mol. The molecule has 0 spiro atoms. The summed E-state index contributed by atoms with van der Waals surface area (Å²) in [5, 5.41) is 11.2. The first-order chi connectivity index (χ1) is 13.3. The molecule has 9 heteroatoms. The Hall–Kier alpha value is -3.20. The van der Waals surface area contributed by atoms with E-state index in [1.54, 1.807) is 54.9 Å². The number of primary amides is 1. The van der Waals surface area contributed by atoms with Gasteiger partial charge in [-0.3, -0.25) is 9.59 Å². The van der Waals surface area contributed by atoms with Gasteiger partial charge in [0.2, 0.25) is 11.8 Å². The third-order valence-corrected chi connectivity index (χ3v) is 5.16. The highest BCUT2D eigenvalue weighted by molar-refractivity contribution is 8.00. The summed E-state index contributed by atoms with van der Waals surface area (Å²) in [5.74, 6) is -0.490. The minimum absolute atomic E-state index is 0.219. The SMILES string of the molecule is CC(Sc1nnc(-c2ccc(F)cc2)n1C)C(=O)Nc1ccc(C(N)=O)cc1. The molecule has 2 amide bonds. The Labute approximate surface area is 165 Å². The maximum Gasteiger partial charge on any atom is 0.248 e. The standard InChI is InChI=1S/C19H18FN5O2S/c1-11(18(27)22-15-9-5-12(6-10-15)16(21)26)28-19-24-23-17(25(19)2)13-3-7-14(20)8-4-13/h3-11H,1-2H3,(H2,21,26)(H,22,27). The smallest absolute Gasteiger partial charge is 0.248 e. The van der Waals surface area contributed by atoms with Crippen LogP contribution in [0.5, 0.6) is 0 Å². The number of thioether (sulfide) groups is 1. The Bertz CT molecular complexity index is 1000. The molecule has 0 bridgehead atoms. The van der Waals surface area contributed by atoms with Crippen molar-refractivity contribution in [3.8, 4) is 11.4 Å². The molecule has 28 heavy (non-hydrogen) atoms. The van der Waals surface area contributed by atoms with Gasteiger partial charge in [-0.2, -0.15) is 0 Å². The third kappa shape index (κ3) is 4.37. The van der Waals surface area contributed by atoms with Crippen LogP contribution in [0.2, 0.25) is 0 Å². The molecular weight excluding hydrogens is 381 g/mol. The number of nitrogens with one attached hydrogen (secondary N) is 1. The van der Waals surface area contributed by atoms with Crippen LogP contribution >= 0.6 is 11.8 Å². The number of carbonyl (C=O) groups excluding carboxylic acids is 2. The molecule has 3 N–H and O–H groups in total. The molecule has 0 aliphatic carbocycles. The molecule has 0 saturated carbocycles. The van der Waals surface area contributed by atoms with Gasteiger partial charge in [0.15, 0.2) is 11.0 Å². The molecule has 2 aromatic carbocycles. The number of anilines is 1. The van der Waals surface area contributed by atoms with Crippen LogP contribution in [0.3, 0.4) is 0 Å². The van der Waals surface area contributed by atoms with Crippen LogP contribution in [-0.4, -0.2) is 31.8 Å². The van der Waals surface area contributed by atoms with Crippen LogP contribution in [0, 0.1) is 5.82 Å². The summed E-state index contributed by atoms with van der Waals surface area (Å²) in [6.07, 6.45) is 0. The van der Waals surface area contributed by atoms with E-state index in [1.165, 1.54) is 23.9 Å². The average Bonchev–Trinajstić information content (AvgIpc) is 3.03. The van der Waals surface area contributed by atoms with Crippen molar-refractivity contribution in [2.45, 2.75) is 17.3 Å². The van der Waals surface area contributed by atoms with E-state index < -0.39 is 11.2 Å². The second kappa shape index (κ2) is 8.22. The molecule has 0 aliphatic heterocycles. The van der Waals surface area contributed by atoms with Crippen LogP contribution in [0.4, 0.5) is 10.1 Å². The molecule has 0 fully saturated rings. The number of nitrogens with zero attached hydrogens (tertiary/aromatic N) is 3. The Morgan fingerprint density at radius 2 is 1.75 bits per heavy atom. The topological polar surface area (TPSA) is 103 Å². The number of carbonyl (C=O) groups is 2. The summed E-state index contributed by atoms with van der Waals surface area (Å²) >= 11 is 1.25. The molecule has 3 rings (SSSR count). The van der Waals surface area contributed by atoms with Crippen LogP contribution in [0.25, 0.3) is 11.4 Å². The van der Waals surface area contributed by atoms with E-state index in [4.69, 9.17) is 5.73 Å². The van der Waals surface area contributed by atoms with Crippen molar-refractivity contribution in [3.05, 3.63) is 59.9 Å². The second-order valence-electron chi connectivity index (χ2n) is 6.06. The maximum atomic E-state index is 13.1. The van der Waals surface area contributed by atoms with Crippen LogP contribution in [0.1, 0.15) is 17.3 Å². The van der Waals surface area contributed by atoms with Gasteiger partial charge in [0.25, 0.3) is 0 Å². The number of aromatic nitrogens is 3. The Morgan fingerprint density at radius 3 is 2.36 bits per heavy atom. The van der Waals surface area contributed by atoms with E-state index in [2.05, 4.69) is 15.5 Å². The van der Waals surface area contributed by atoms with Gasteiger partial charge in [0.05, 0.1) is 5.25 Å². The highest BCUT2D eigenvalue weighted by atomic mass is 32.2. The van der Waals surface area contributed by atoms with Crippen molar-refractivity contribution in [3.63, 3.8) is 0 Å². The van der Waals surface area contributed by atoms with Crippen molar-refractivity contribution in [2.75, 3.05) is 5.32 Å². The summed E-state index contributed by atoms with van der Waals surface area (Å²) in [4.78, 5) is 23.5. The van der Waals surface area contributed by atoms with Gasteiger partial charge < -0.3 is 15.6 Å². The molecule has 1 aromatic heterocycles.